The second-order valence-electron chi connectivity index (χ2n) is 9.04. The van der Waals surface area contributed by atoms with Crippen molar-refractivity contribution in [1.82, 2.24) is 0 Å². The normalized spacial score (nSPS) is 38.7. The quantitative estimate of drug-likeness (QED) is 0.632. The third-order valence-corrected chi connectivity index (χ3v) is 7.67. The Hall–Kier alpha value is 0.210. The van der Waals surface area contributed by atoms with Gasteiger partial charge in [0.25, 0.3) is 0 Å². The van der Waals surface area contributed by atoms with E-state index in [1.54, 1.807) is 38.5 Å². The number of nitrogens with zero attached hydrogens (tertiary/aromatic N) is 2. The predicted octanol–water partition coefficient (Wildman–Crippen LogP) is 0.769. The van der Waals surface area contributed by atoms with Gasteiger partial charge < -0.3 is 12.4 Å². The van der Waals surface area contributed by atoms with Crippen LogP contribution in [0.5, 0.6) is 0 Å². The summed E-state index contributed by atoms with van der Waals surface area (Å²) >= 11 is 0. The highest BCUT2D eigenvalue weighted by molar-refractivity contribution is 4.71. The molecule has 2 aliphatic heterocycles. The van der Waals surface area contributed by atoms with Crippen LogP contribution in [-0.4, -0.2) is 54.9 Å². The maximum atomic E-state index is 1.54. The van der Waals surface area contributed by atoms with Crippen molar-refractivity contribution in [2.75, 3.05) is 45.9 Å². The van der Waals surface area contributed by atoms with Gasteiger partial charge in [0.05, 0.1) is 13.1 Å². The number of fused-ring (bicyclic) bond motifs is 2. The zero-order chi connectivity index (χ0) is 14.2. The first-order valence-electron chi connectivity index (χ1n) is 9.98. The molecule has 3 heteroatoms. The molecule has 4 aliphatic rings. The van der Waals surface area contributed by atoms with E-state index in [-0.39, 0.29) is 12.4 Å². The Kier molecular flexibility index (Phi) is 5.41. The van der Waals surface area contributed by atoms with Gasteiger partial charge >= 0.3 is 0 Å². The first-order valence-corrected chi connectivity index (χ1v) is 9.98. The molecular weight excluding hydrogens is 292 g/mol. The van der Waals surface area contributed by atoms with Gasteiger partial charge in [-0.05, 0) is 24.7 Å². The molecule has 0 aromatic rings. The van der Waals surface area contributed by atoms with Crippen LogP contribution in [0, 0.1) is 11.8 Å². The molecule has 2 aliphatic carbocycles. The summed E-state index contributed by atoms with van der Waals surface area (Å²) in [6.45, 7) is 10.6. The van der Waals surface area contributed by atoms with Gasteiger partial charge in [0.1, 0.15) is 26.2 Å². The molecule has 4 fully saturated rings. The maximum absolute atomic E-state index is 1.54. The second-order valence-corrected chi connectivity index (χ2v) is 9.04. The fourth-order valence-electron chi connectivity index (χ4n) is 6.09. The average Bonchev–Trinajstić information content (AvgIpc) is 3.27. The maximum Gasteiger partial charge on any atom is 0.208 e. The highest BCUT2D eigenvalue weighted by Crippen LogP contribution is 2.36. The van der Waals surface area contributed by atoms with Crippen LogP contribution in [-0.2, 0) is 0 Å². The molecule has 22 heavy (non-hydrogen) atoms. The largest absolute Gasteiger partial charge is 1.00 e. The van der Waals surface area contributed by atoms with E-state index in [2.05, 4.69) is 0 Å². The first-order chi connectivity index (χ1) is 10.3. The zero-order valence-corrected chi connectivity index (χ0v) is 15.2. The minimum atomic E-state index is 0. The lowest BCUT2D eigenvalue weighted by Crippen LogP contribution is -3.00. The summed E-state index contributed by atoms with van der Waals surface area (Å²) in [6.07, 6.45) is 15.3. The standard InChI is InChI=1S/C19H36N2.ClH/c1-2-6-18(5-1)9-11-20-13-15-21(17-20,16-14-20)12-10-19-7-3-4-8-19;/h18-19H,1-17H2;1H/q+2;/p-1. The van der Waals surface area contributed by atoms with Gasteiger partial charge in [-0.1, -0.05) is 51.4 Å². The molecule has 0 atom stereocenters. The fourth-order valence-corrected chi connectivity index (χ4v) is 6.09. The number of quaternary nitrogens is 2. The number of halogens is 1. The van der Waals surface area contributed by atoms with Crippen LogP contribution in [0.4, 0.5) is 0 Å². The van der Waals surface area contributed by atoms with Gasteiger partial charge in [0.15, 0.2) is 0 Å². The zero-order valence-electron chi connectivity index (χ0n) is 14.4. The van der Waals surface area contributed by atoms with Gasteiger partial charge in [-0.2, -0.15) is 0 Å². The molecule has 0 N–H and O–H groups in total. The van der Waals surface area contributed by atoms with Gasteiger partial charge in [-0.25, -0.2) is 0 Å². The monoisotopic (exact) mass is 327 g/mol. The Morgan fingerprint density at radius 2 is 0.955 bits per heavy atom. The van der Waals surface area contributed by atoms with Crippen molar-refractivity contribution < 1.29 is 21.4 Å². The molecule has 0 aromatic carbocycles. The van der Waals surface area contributed by atoms with Gasteiger partial charge in [-0.15, -0.1) is 0 Å². The summed E-state index contributed by atoms with van der Waals surface area (Å²) in [6, 6.07) is 0. The van der Waals surface area contributed by atoms with E-state index in [1.165, 1.54) is 80.6 Å². The number of piperazine rings is 1. The molecule has 2 heterocycles. The molecule has 2 saturated carbocycles. The topological polar surface area (TPSA) is 0 Å². The lowest BCUT2D eigenvalue weighted by atomic mass is 10.0. The van der Waals surface area contributed by atoms with E-state index in [0.717, 1.165) is 11.8 Å². The number of hydrogen-bond acceptors (Lipinski definition) is 0. The highest BCUT2D eigenvalue weighted by atomic mass is 35.5. The van der Waals surface area contributed by atoms with Crippen molar-refractivity contribution in [2.24, 2.45) is 11.8 Å². The van der Waals surface area contributed by atoms with E-state index in [4.69, 9.17) is 0 Å². The lowest BCUT2D eigenvalue weighted by Gasteiger charge is -2.28. The van der Waals surface area contributed by atoms with E-state index in [9.17, 15) is 0 Å². The summed E-state index contributed by atoms with van der Waals surface area (Å²) in [5.41, 5.74) is 0. The van der Waals surface area contributed by atoms with Crippen LogP contribution in [0.2, 0.25) is 0 Å². The minimum absolute atomic E-state index is 0. The van der Waals surface area contributed by atoms with Crippen LogP contribution >= 0.6 is 0 Å². The van der Waals surface area contributed by atoms with Gasteiger partial charge in [0.2, 0.25) is 6.67 Å². The van der Waals surface area contributed by atoms with Gasteiger partial charge in [0, 0.05) is 0 Å². The molecule has 0 aromatic heterocycles. The van der Waals surface area contributed by atoms with Crippen LogP contribution in [0.3, 0.4) is 0 Å². The van der Waals surface area contributed by atoms with Crippen LogP contribution in [0.25, 0.3) is 0 Å². The molecule has 128 valence electrons. The molecule has 0 unspecified atom stereocenters. The third-order valence-electron chi connectivity index (χ3n) is 7.67. The van der Waals surface area contributed by atoms with Crippen molar-refractivity contribution in [1.29, 1.82) is 0 Å². The van der Waals surface area contributed by atoms with Crippen LogP contribution in [0.1, 0.15) is 64.2 Å². The van der Waals surface area contributed by atoms with Crippen LogP contribution < -0.4 is 12.4 Å². The fraction of sp³-hybridized carbons (Fsp3) is 1.00. The van der Waals surface area contributed by atoms with Crippen LogP contribution in [0.15, 0.2) is 0 Å². The average molecular weight is 328 g/mol. The van der Waals surface area contributed by atoms with Crippen molar-refractivity contribution in [3.63, 3.8) is 0 Å². The summed E-state index contributed by atoms with van der Waals surface area (Å²) < 4.78 is 3.03. The molecule has 2 nitrogen and oxygen atoms in total. The molecular formula is C19H36ClN2+. The third kappa shape index (κ3) is 3.49. The minimum Gasteiger partial charge on any atom is -1.00 e. The molecule has 0 amide bonds. The second kappa shape index (κ2) is 6.99. The van der Waals surface area contributed by atoms with Crippen molar-refractivity contribution in [2.45, 2.75) is 64.2 Å². The summed E-state index contributed by atoms with van der Waals surface area (Å²) in [5.74, 6) is 2.19. The Bertz CT molecular complexity index is 316. The number of hydrogen-bond donors (Lipinski definition) is 0. The van der Waals surface area contributed by atoms with Crippen molar-refractivity contribution in [3.8, 4) is 0 Å². The molecule has 0 spiro atoms. The summed E-state index contributed by atoms with van der Waals surface area (Å²) in [7, 11) is 0. The Balaban J connectivity index is 0.00000144. The smallest absolute Gasteiger partial charge is 0.208 e. The van der Waals surface area contributed by atoms with E-state index in [0.29, 0.717) is 0 Å². The summed E-state index contributed by atoms with van der Waals surface area (Å²) in [5, 5.41) is 0. The van der Waals surface area contributed by atoms with E-state index < -0.39 is 0 Å². The molecule has 0 radical (unpaired) electrons. The lowest BCUT2D eigenvalue weighted by molar-refractivity contribution is -0.987. The Morgan fingerprint density at radius 1 is 0.591 bits per heavy atom. The van der Waals surface area contributed by atoms with E-state index in [1.807, 2.05) is 0 Å². The highest BCUT2D eigenvalue weighted by Gasteiger charge is 2.55. The Morgan fingerprint density at radius 3 is 1.32 bits per heavy atom. The first kappa shape index (κ1) is 17.0. The van der Waals surface area contributed by atoms with Gasteiger partial charge in [-0.3, -0.25) is 8.97 Å². The predicted molar refractivity (Wildman–Crippen MR) is 87.7 cm³/mol. The SMILES string of the molecule is C1CCC(CC[N+]23CC[N+](CCC4CCCC4)(CC2)C3)C1.[Cl-]. The van der Waals surface area contributed by atoms with E-state index >= 15 is 0 Å². The molecule has 4 rings (SSSR count). The Labute approximate surface area is 143 Å². The van der Waals surface area contributed by atoms with Crippen molar-refractivity contribution >= 4 is 0 Å². The number of rotatable bonds is 6. The van der Waals surface area contributed by atoms with Crippen molar-refractivity contribution in [3.05, 3.63) is 0 Å². The molecule has 2 saturated heterocycles. The molecule has 2 bridgehead atoms. The summed E-state index contributed by atoms with van der Waals surface area (Å²) in [4.78, 5) is 0.